The van der Waals surface area contributed by atoms with Gasteiger partial charge in [-0.05, 0) is 36.6 Å². The number of benzene rings is 2. The van der Waals surface area contributed by atoms with E-state index in [1.165, 1.54) is 0 Å². The van der Waals surface area contributed by atoms with Crippen LogP contribution in [-0.4, -0.2) is 27.1 Å². The van der Waals surface area contributed by atoms with Gasteiger partial charge in [0.05, 0.1) is 11.9 Å². The summed E-state index contributed by atoms with van der Waals surface area (Å²) in [6.07, 6.45) is 1.89. The zero-order valence-corrected chi connectivity index (χ0v) is 14.9. The van der Waals surface area contributed by atoms with Crippen molar-refractivity contribution < 1.29 is 13.2 Å². The highest BCUT2D eigenvalue weighted by molar-refractivity contribution is 7.92. The van der Waals surface area contributed by atoms with E-state index in [1.807, 2.05) is 50.2 Å². The van der Waals surface area contributed by atoms with Gasteiger partial charge in [-0.3, -0.25) is 9.10 Å². The fourth-order valence-electron chi connectivity index (χ4n) is 2.50. The first-order chi connectivity index (χ1) is 11.3. The summed E-state index contributed by atoms with van der Waals surface area (Å²) in [4.78, 5) is 12.4. The van der Waals surface area contributed by atoms with Crippen LogP contribution in [0, 0.1) is 6.92 Å². The number of amides is 1. The molecule has 2 aromatic rings. The topological polar surface area (TPSA) is 66.5 Å². The van der Waals surface area contributed by atoms with Crippen LogP contribution in [0.25, 0.3) is 0 Å². The van der Waals surface area contributed by atoms with E-state index >= 15 is 0 Å². The molecule has 128 valence electrons. The van der Waals surface area contributed by atoms with E-state index in [0.29, 0.717) is 11.4 Å². The molecule has 2 rings (SSSR count). The Morgan fingerprint density at radius 2 is 1.71 bits per heavy atom. The Hall–Kier alpha value is -2.34. The number of rotatable bonds is 6. The van der Waals surface area contributed by atoms with Crippen molar-refractivity contribution in [3.05, 3.63) is 59.7 Å². The number of hydrogen-bond acceptors (Lipinski definition) is 3. The summed E-state index contributed by atoms with van der Waals surface area (Å²) in [5, 5.41) is 2.81. The number of nitrogens with one attached hydrogen (secondary N) is 1. The summed E-state index contributed by atoms with van der Waals surface area (Å²) in [6, 6.07) is 14.6. The van der Waals surface area contributed by atoms with Gasteiger partial charge in [-0.1, -0.05) is 43.3 Å². The number of para-hydroxylation sites is 2. The van der Waals surface area contributed by atoms with Crippen LogP contribution in [0.4, 0.5) is 11.4 Å². The Morgan fingerprint density at radius 3 is 2.33 bits per heavy atom. The highest BCUT2D eigenvalue weighted by Crippen LogP contribution is 2.22. The van der Waals surface area contributed by atoms with Crippen molar-refractivity contribution in [3.63, 3.8) is 0 Å². The average molecular weight is 346 g/mol. The van der Waals surface area contributed by atoms with Gasteiger partial charge in [0.2, 0.25) is 15.9 Å². The lowest BCUT2D eigenvalue weighted by molar-refractivity contribution is -0.114. The Bertz CT molecular complexity index is 832. The minimum Gasteiger partial charge on any atom is -0.324 e. The molecule has 0 saturated heterocycles. The number of carbonyl (C=O) groups excluding carboxylic acids is 1. The molecular weight excluding hydrogens is 324 g/mol. The molecule has 0 saturated carbocycles. The molecule has 0 aliphatic heterocycles. The summed E-state index contributed by atoms with van der Waals surface area (Å²) >= 11 is 0. The van der Waals surface area contributed by atoms with E-state index in [1.54, 1.807) is 12.1 Å². The zero-order chi connectivity index (χ0) is 17.7. The van der Waals surface area contributed by atoms with Gasteiger partial charge in [0.1, 0.15) is 6.54 Å². The summed E-state index contributed by atoms with van der Waals surface area (Å²) in [7, 11) is -3.57. The first-order valence-electron chi connectivity index (χ1n) is 7.74. The minimum atomic E-state index is -3.57. The van der Waals surface area contributed by atoms with Crippen molar-refractivity contribution in [1.29, 1.82) is 0 Å². The third kappa shape index (κ3) is 4.35. The predicted molar refractivity (Wildman–Crippen MR) is 97.8 cm³/mol. The molecule has 0 radical (unpaired) electrons. The van der Waals surface area contributed by atoms with E-state index in [2.05, 4.69) is 5.32 Å². The van der Waals surface area contributed by atoms with Crippen LogP contribution in [0.1, 0.15) is 18.1 Å². The molecule has 24 heavy (non-hydrogen) atoms. The van der Waals surface area contributed by atoms with Crippen LogP contribution >= 0.6 is 0 Å². The molecule has 0 heterocycles. The Morgan fingerprint density at radius 1 is 1.08 bits per heavy atom. The van der Waals surface area contributed by atoms with Crippen LogP contribution in [-0.2, 0) is 21.2 Å². The first-order valence-corrected chi connectivity index (χ1v) is 9.59. The molecule has 6 heteroatoms. The van der Waals surface area contributed by atoms with Gasteiger partial charge in [-0.2, -0.15) is 0 Å². The van der Waals surface area contributed by atoms with Crippen LogP contribution in [0.2, 0.25) is 0 Å². The van der Waals surface area contributed by atoms with Gasteiger partial charge in [0.15, 0.2) is 0 Å². The minimum absolute atomic E-state index is 0.262. The molecule has 0 spiro atoms. The molecule has 0 bridgehead atoms. The van der Waals surface area contributed by atoms with Crippen LogP contribution < -0.4 is 9.62 Å². The van der Waals surface area contributed by atoms with Crippen molar-refractivity contribution in [2.24, 2.45) is 0 Å². The maximum absolute atomic E-state index is 12.4. The highest BCUT2D eigenvalue weighted by Gasteiger charge is 2.22. The molecule has 0 aliphatic carbocycles. The first kappa shape index (κ1) is 18.0. The zero-order valence-electron chi connectivity index (χ0n) is 14.1. The van der Waals surface area contributed by atoms with E-state index in [9.17, 15) is 13.2 Å². The third-order valence-corrected chi connectivity index (χ3v) is 4.87. The van der Waals surface area contributed by atoms with Crippen LogP contribution in [0.3, 0.4) is 0 Å². The van der Waals surface area contributed by atoms with Crippen molar-refractivity contribution in [2.75, 3.05) is 22.4 Å². The fourth-order valence-corrected chi connectivity index (χ4v) is 3.41. The lowest BCUT2D eigenvalue weighted by atomic mass is 10.1. The van der Waals surface area contributed by atoms with Crippen molar-refractivity contribution in [2.45, 2.75) is 20.3 Å². The quantitative estimate of drug-likeness (QED) is 0.874. The SMILES string of the molecule is CCc1ccccc1NC(=O)CN(c1ccccc1C)S(C)(=O)=O. The normalized spacial score (nSPS) is 11.1. The maximum Gasteiger partial charge on any atom is 0.245 e. The van der Waals surface area contributed by atoms with Gasteiger partial charge in [-0.25, -0.2) is 8.42 Å². The van der Waals surface area contributed by atoms with E-state index in [-0.39, 0.29) is 12.5 Å². The lowest BCUT2D eigenvalue weighted by Gasteiger charge is -2.23. The second-order valence-corrected chi connectivity index (χ2v) is 7.52. The van der Waals surface area contributed by atoms with Crippen LogP contribution in [0.15, 0.2) is 48.5 Å². The van der Waals surface area contributed by atoms with E-state index in [4.69, 9.17) is 0 Å². The number of anilines is 2. The lowest BCUT2D eigenvalue weighted by Crippen LogP contribution is -2.38. The molecule has 5 nitrogen and oxygen atoms in total. The van der Waals surface area contributed by atoms with Crippen LogP contribution in [0.5, 0.6) is 0 Å². The predicted octanol–water partition coefficient (Wildman–Crippen LogP) is 2.96. The molecule has 0 unspecified atom stereocenters. The van der Waals surface area contributed by atoms with Crippen molar-refractivity contribution in [1.82, 2.24) is 0 Å². The maximum atomic E-state index is 12.4. The molecule has 2 aromatic carbocycles. The number of aryl methyl sites for hydroxylation is 2. The van der Waals surface area contributed by atoms with Crippen molar-refractivity contribution in [3.8, 4) is 0 Å². The second-order valence-electron chi connectivity index (χ2n) is 5.61. The summed E-state index contributed by atoms with van der Waals surface area (Å²) in [5.74, 6) is -0.371. The molecular formula is C18H22N2O3S. The fraction of sp³-hybridized carbons (Fsp3) is 0.278. The summed E-state index contributed by atoms with van der Waals surface area (Å²) in [6.45, 7) is 3.56. The molecule has 1 N–H and O–H groups in total. The molecule has 0 aliphatic rings. The molecule has 0 aromatic heterocycles. The van der Waals surface area contributed by atoms with Gasteiger partial charge in [0.25, 0.3) is 0 Å². The van der Waals surface area contributed by atoms with Crippen molar-refractivity contribution >= 4 is 27.3 Å². The number of sulfonamides is 1. The van der Waals surface area contributed by atoms with Gasteiger partial charge >= 0.3 is 0 Å². The Balaban J connectivity index is 2.25. The smallest absolute Gasteiger partial charge is 0.245 e. The molecule has 1 amide bonds. The van der Waals surface area contributed by atoms with Gasteiger partial charge in [-0.15, -0.1) is 0 Å². The largest absolute Gasteiger partial charge is 0.324 e. The number of hydrogen-bond donors (Lipinski definition) is 1. The molecule has 0 fully saturated rings. The number of nitrogens with zero attached hydrogens (tertiary/aromatic N) is 1. The third-order valence-electron chi connectivity index (χ3n) is 3.74. The highest BCUT2D eigenvalue weighted by atomic mass is 32.2. The molecule has 0 atom stereocenters. The monoisotopic (exact) mass is 346 g/mol. The van der Waals surface area contributed by atoms with Gasteiger partial charge in [0, 0.05) is 5.69 Å². The summed E-state index contributed by atoms with van der Waals surface area (Å²) < 4.78 is 25.4. The Kier molecular flexibility index (Phi) is 5.62. The Labute approximate surface area is 143 Å². The van der Waals surface area contributed by atoms with E-state index < -0.39 is 10.0 Å². The average Bonchev–Trinajstić information content (AvgIpc) is 2.53. The summed E-state index contributed by atoms with van der Waals surface area (Å²) in [5.41, 5.74) is 3.03. The standard InChI is InChI=1S/C18H22N2O3S/c1-4-15-10-6-7-11-16(15)19-18(21)13-20(24(3,22)23)17-12-8-5-9-14(17)2/h5-12H,4,13H2,1-3H3,(H,19,21). The van der Waals surface area contributed by atoms with Gasteiger partial charge < -0.3 is 5.32 Å². The van der Waals surface area contributed by atoms with E-state index in [0.717, 1.165) is 28.1 Å². The number of carbonyl (C=O) groups is 1. The second kappa shape index (κ2) is 7.49.